The largest absolute Gasteiger partial charge is 0.480 e. The summed E-state index contributed by atoms with van der Waals surface area (Å²) < 4.78 is 4.80. The van der Waals surface area contributed by atoms with Gasteiger partial charge in [0.25, 0.3) is 5.91 Å². The summed E-state index contributed by atoms with van der Waals surface area (Å²) in [5.74, 6) is -4.15. The average Bonchev–Trinajstić information content (AvgIpc) is 3.51. The maximum absolute atomic E-state index is 12.6. The zero-order valence-electron chi connectivity index (χ0n) is 17.5. The molecule has 1 rings (SSSR count). The molecule has 1 aliphatic heterocycles. The third-order valence-corrected chi connectivity index (χ3v) is 4.64. The van der Waals surface area contributed by atoms with Crippen LogP contribution in [-0.2, 0) is 28.7 Å². The fourth-order valence-electron chi connectivity index (χ4n) is 2.78. The highest BCUT2D eigenvalue weighted by molar-refractivity contribution is 5.95. The minimum atomic E-state index is -1.46. The van der Waals surface area contributed by atoms with Gasteiger partial charge in [-0.2, -0.15) is 0 Å². The van der Waals surface area contributed by atoms with Gasteiger partial charge in [0.1, 0.15) is 12.1 Å². The molecule has 13 heteroatoms. The number of nitrogens with one attached hydrogen (secondary N) is 3. The molecule has 4 amide bonds. The van der Waals surface area contributed by atoms with Gasteiger partial charge >= 0.3 is 5.97 Å². The number of epoxide rings is 1. The Hall–Kier alpha value is -2.77. The molecule has 5 atom stereocenters. The lowest BCUT2D eigenvalue weighted by Gasteiger charge is -2.22. The highest BCUT2D eigenvalue weighted by atomic mass is 16.6. The second kappa shape index (κ2) is 12.8. The monoisotopic (exact) mass is 444 g/mol. The van der Waals surface area contributed by atoms with E-state index >= 15 is 0 Å². The summed E-state index contributed by atoms with van der Waals surface area (Å²) in [6.45, 7) is 1.84. The molecule has 0 saturated carbocycles. The molecule has 0 aliphatic carbocycles. The molecule has 0 aromatic rings. The van der Waals surface area contributed by atoms with Crippen LogP contribution in [0.3, 0.4) is 0 Å². The van der Waals surface area contributed by atoms with Crippen molar-refractivity contribution in [2.24, 2.45) is 17.2 Å². The van der Waals surface area contributed by atoms with Crippen LogP contribution in [0.25, 0.3) is 0 Å². The average molecular weight is 444 g/mol. The van der Waals surface area contributed by atoms with Gasteiger partial charge in [-0.15, -0.1) is 0 Å². The van der Waals surface area contributed by atoms with Crippen molar-refractivity contribution in [3.8, 4) is 0 Å². The molecule has 0 aromatic heterocycles. The Morgan fingerprint density at radius 1 is 1.00 bits per heavy atom. The van der Waals surface area contributed by atoms with E-state index in [1.54, 1.807) is 6.92 Å². The summed E-state index contributed by atoms with van der Waals surface area (Å²) in [6.07, 6.45) is 0.482. The van der Waals surface area contributed by atoms with E-state index in [2.05, 4.69) is 16.0 Å². The molecule has 1 fully saturated rings. The van der Waals surface area contributed by atoms with Crippen LogP contribution in [0.5, 0.6) is 0 Å². The fourth-order valence-corrected chi connectivity index (χ4v) is 2.78. The van der Waals surface area contributed by atoms with Gasteiger partial charge in [0, 0.05) is 6.54 Å². The van der Waals surface area contributed by atoms with E-state index in [0.717, 1.165) is 6.42 Å². The number of carboxylic acids is 1. The molecule has 0 unspecified atom stereocenters. The minimum absolute atomic E-state index is 0.266. The number of nitrogens with two attached hydrogens (primary N) is 3. The van der Waals surface area contributed by atoms with Crippen LogP contribution in [-0.4, -0.2) is 78.1 Å². The summed E-state index contributed by atoms with van der Waals surface area (Å²) in [6, 6.07) is -3.26. The Morgan fingerprint density at radius 2 is 1.65 bits per heavy atom. The summed E-state index contributed by atoms with van der Waals surface area (Å²) in [7, 11) is 0. The summed E-state index contributed by atoms with van der Waals surface area (Å²) in [4.78, 5) is 59.1. The molecule has 0 radical (unpaired) electrons. The van der Waals surface area contributed by atoms with Gasteiger partial charge in [0.05, 0.1) is 6.04 Å². The predicted molar refractivity (Wildman–Crippen MR) is 108 cm³/mol. The first kappa shape index (κ1) is 26.3. The van der Waals surface area contributed by atoms with Crippen molar-refractivity contribution in [3.05, 3.63) is 0 Å². The molecule has 0 spiro atoms. The van der Waals surface area contributed by atoms with Gasteiger partial charge in [-0.05, 0) is 25.8 Å². The van der Waals surface area contributed by atoms with E-state index in [1.165, 1.54) is 0 Å². The van der Waals surface area contributed by atoms with E-state index in [0.29, 0.717) is 25.8 Å². The maximum Gasteiger partial charge on any atom is 0.328 e. The van der Waals surface area contributed by atoms with Crippen LogP contribution in [0.15, 0.2) is 0 Å². The van der Waals surface area contributed by atoms with Crippen molar-refractivity contribution in [3.63, 3.8) is 0 Å². The highest BCUT2D eigenvalue weighted by Gasteiger charge is 2.49. The number of ether oxygens (including phenoxy) is 1. The van der Waals surface area contributed by atoms with Gasteiger partial charge < -0.3 is 43.0 Å². The second-order valence-electron chi connectivity index (χ2n) is 7.27. The molecule has 1 saturated heterocycles. The molecule has 0 bridgehead atoms. The number of carbonyl (C=O) groups is 5. The van der Waals surface area contributed by atoms with Gasteiger partial charge in [-0.3, -0.25) is 19.2 Å². The Labute approximate surface area is 179 Å². The normalized spacial score (nSPS) is 20.1. The van der Waals surface area contributed by atoms with Crippen LogP contribution in [0.4, 0.5) is 0 Å². The van der Waals surface area contributed by atoms with Crippen molar-refractivity contribution in [2.75, 3.05) is 13.1 Å². The van der Waals surface area contributed by atoms with Gasteiger partial charge in [0.2, 0.25) is 17.7 Å². The van der Waals surface area contributed by atoms with Gasteiger partial charge in [-0.25, -0.2) is 4.79 Å². The predicted octanol–water partition coefficient (Wildman–Crippen LogP) is -3.33. The zero-order valence-corrected chi connectivity index (χ0v) is 17.5. The van der Waals surface area contributed by atoms with Crippen LogP contribution in [0.2, 0.25) is 0 Å². The van der Waals surface area contributed by atoms with Crippen molar-refractivity contribution >= 4 is 29.6 Å². The summed E-state index contributed by atoms with van der Waals surface area (Å²) >= 11 is 0. The number of rotatable bonds is 15. The molecule has 13 nitrogen and oxygen atoms in total. The lowest BCUT2D eigenvalue weighted by atomic mass is 10.1. The van der Waals surface area contributed by atoms with Crippen molar-refractivity contribution in [2.45, 2.75) is 69.4 Å². The molecule has 1 aliphatic rings. The number of unbranched alkanes of at least 4 members (excludes halogenated alkanes) is 1. The summed E-state index contributed by atoms with van der Waals surface area (Å²) in [5.41, 5.74) is 16.2. The lowest BCUT2D eigenvalue weighted by Crippen LogP contribution is -2.56. The van der Waals surface area contributed by atoms with Crippen LogP contribution in [0, 0.1) is 0 Å². The second-order valence-corrected chi connectivity index (χ2v) is 7.27. The van der Waals surface area contributed by atoms with Crippen molar-refractivity contribution < 1.29 is 33.8 Å². The number of hydrogen-bond acceptors (Lipinski definition) is 8. The molecular weight excluding hydrogens is 412 g/mol. The van der Waals surface area contributed by atoms with Gasteiger partial charge in [-0.1, -0.05) is 19.8 Å². The Morgan fingerprint density at radius 3 is 2.16 bits per heavy atom. The summed E-state index contributed by atoms with van der Waals surface area (Å²) in [5, 5.41) is 16.5. The number of carboxylic acid groups (broad SMARTS) is 1. The molecule has 10 N–H and O–H groups in total. The Balaban J connectivity index is 2.61. The molecule has 1 heterocycles. The van der Waals surface area contributed by atoms with E-state index in [9.17, 15) is 29.1 Å². The number of amides is 4. The van der Waals surface area contributed by atoms with E-state index in [4.69, 9.17) is 21.9 Å². The number of hydrogen-bond donors (Lipinski definition) is 7. The molecule has 176 valence electrons. The topological polar surface area (TPSA) is 232 Å². The first-order valence-corrected chi connectivity index (χ1v) is 10.1. The quantitative estimate of drug-likeness (QED) is 0.0986. The van der Waals surface area contributed by atoms with Crippen LogP contribution in [0.1, 0.15) is 39.0 Å². The molecule has 0 aromatic carbocycles. The smallest absolute Gasteiger partial charge is 0.328 e. The third-order valence-electron chi connectivity index (χ3n) is 4.64. The molecular formula is C18H32N6O7. The van der Waals surface area contributed by atoms with Crippen molar-refractivity contribution in [1.82, 2.24) is 16.0 Å². The number of carbonyl (C=O) groups excluding carboxylic acids is 4. The minimum Gasteiger partial charge on any atom is -0.480 e. The standard InChI is InChI=1S/C18H32N6O7/c1-2-5-10(23-15(26)9(20)6-3-4-7-19)16(27)24-11(18(29)30)8-22-17(28)13-12(31-13)14(21)25/h9-13H,2-8,19-20H2,1H3,(H2,21,25)(H,22,28)(H,23,26)(H,24,27)(H,29,30)/t9-,10-,11-,12+,13+/m0/s1. The van der Waals surface area contributed by atoms with Crippen LogP contribution < -0.4 is 33.2 Å². The zero-order chi connectivity index (χ0) is 23.6. The Bertz CT molecular complexity index is 674. The van der Waals surface area contributed by atoms with E-state index < -0.39 is 66.5 Å². The van der Waals surface area contributed by atoms with Crippen molar-refractivity contribution in [1.29, 1.82) is 0 Å². The van der Waals surface area contributed by atoms with E-state index in [-0.39, 0.29) is 6.42 Å². The fraction of sp³-hybridized carbons (Fsp3) is 0.722. The maximum atomic E-state index is 12.6. The third kappa shape index (κ3) is 8.86. The Kier molecular flexibility index (Phi) is 10.9. The number of aliphatic carboxylic acids is 1. The lowest BCUT2D eigenvalue weighted by molar-refractivity contribution is -0.142. The first-order valence-electron chi connectivity index (χ1n) is 10.1. The SMILES string of the molecule is CCC[C@H](NC(=O)[C@@H](N)CCCCN)C(=O)N[C@@H](CNC(=O)[C@@H]1O[C@H]1C(N)=O)C(=O)O. The van der Waals surface area contributed by atoms with Crippen LogP contribution >= 0.6 is 0 Å². The highest BCUT2D eigenvalue weighted by Crippen LogP contribution is 2.21. The van der Waals surface area contributed by atoms with Gasteiger partial charge in [0.15, 0.2) is 12.2 Å². The molecule has 31 heavy (non-hydrogen) atoms. The number of primary amides is 1. The first-order chi connectivity index (χ1) is 14.6. The van der Waals surface area contributed by atoms with E-state index in [1.807, 2.05) is 0 Å².